The van der Waals surface area contributed by atoms with Gasteiger partial charge in [-0.15, -0.1) is 0 Å². The molecular formula is C18H21N5O2. The van der Waals surface area contributed by atoms with Crippen LogP contribution in [0.15, 0.2) is 29.1 Å². The molecule has 0 radical (unpaired) electrons. The van der Waals surface area contributed by atoms with Crippen molar-refractivity contribution < 1.29 is 4.79 Å². The van der Waals surface area contributed by atoms with Gasteiger partial charge in [-0.1, -0.05) is 12.1 Å². The van der Waals surface area contributed by atoms with Gasteiger partial charge in [0.1, 0.15) is 0 Å². The highest BCUT2D eigenvalue weighted by Crippen LogP contribution is 2.22. The lowest BCUT2D eigenvalue weighted by Gasteiger charge is -2.10. The van der Waals surface area contributed by atoms with Gasteiger partial charge in [-0.3, -0.25) is 19.0 Å². The van der Waals surface area contributed by atoms with Gasteiger partial charge in [0.05, 0.1) is 22.6 Å². The number of hydrogen-bond acceptors (Lipinski definition) is 4. The summed E-state index contributed by atoms with van der Waals surface area (Å²) in [6.07, 6.45) is 0. The number of rotatable bonds is 3. The van der Waals surface area contributed by atoms with Crippen LogP contribution >= 0.6 is 0 Å². The first-order chi connectivity index (χ1) is 11.8. The number of carbonyl (C=O) groups is 1. The molecule has 3 aromatic rings. The molecule has 2 aromatic heterocycles. The SMILES string of the molecule is Cc1nn(C(C)C)c(C)c1NC(=O)c1nn(C)c2ccccc2c1=O. The van der Waals surface area contributed by atoms with Crippen molar-refractivity contribution in [3.8, 4) is 0 Å². The number of carbonyl (C=O) groups excluding carboxylic acids is 1. The minimum absolute atomic E-state index is 0.128. The van der Waals surface area contributed by atoms with Crippen LogP contribution < -0.4 is 10.7 Å². The second kappa shape index (κ2) is 6.16. The molecule has 0 spiro atoms. The Morgan fingerprint density at radius 3 is 2.48 bits per heavy atom. The first kappa shape index (κ1) is 16.9. The Balaban J connectivity index is 2.05. The van der Waals surface area contributed by atoms with E-state index in [4.69, 9.17) is 0 Å². The van der Waals surface area contributed by atoms with Crippen molar-refractivity contribution in [3.63, 3.8) is 0 Å². The van der Waals surface area contributed by atoms with Crippen LogP contribution in [0.2, 0.25) is 0 Å². The molecule has 0 atom stereocenters. The molecule has 1 aromatic carbocycles. The van der Waals surface area contributed by atoms with Crippen molar-refractivity contribution in [2.75, 3.05) is 5.32 Å². The molecule has 0 unspecified atom stereocenters. The summed E-state index contributed by atoms with van der Waals surface area (Å²) in [5.74, 6) is -0.527. The molecule has 3 rings (SSSR count). The second-order valence-corrected chi connectivity index (χ2v) is 6.36. The highest BCUT2D eigenvalue weighted by atomic mass is 16.2. The Morgan fingerprint density at radius 2 is 1.84 bits per heavy atom. The van der Waals surface area contributed by atoms with Crippen LogP contribution in [0.3, 0.4) is 0 Å². The van der Waals surface area contributed by atoms with Gasteiger partial charge in [0.15, 0.2) is 5.69 Å². The number of para-hydroxylation sites is 1. The van der Waals surface area contributed by atoms with E-state index in [1.165, 1.54) is 0 Å². The summed E-state index contributed by atoms with van der Waals surface area (Å²) in [6.45, 7) is 7.76. The van der Waals surface area contributed by atoms with E-state index in [1.807, 2.05) is 38.4 Å². The molecule has 7 nitrogen and oxygen atoms in total. The molecule has 0 aliphatic heterocycles. The zero-order valence-electron chi connectivity index (χ0n) is 15.0. The fourth-order valence-electron chi connectivity index (χ4n) is 2.99. The zero-order valence-corrected chi connectivity index (χ0v) is 15.0. The van der Waals surface area contributed by atoms with Crippen LogP contribution in [0, 0.1) is 13.8 Å². The number of nitrogens with one attached hydrogen (secondary N) is 1. The maximum atomic E-state index is 12.7. The maximum Gasteiger partial charge on any atom is 0.280 e. The van der Waals surface area contributed by atoms with Crippen molar-refractivity contribution in [1.29, 1.82) is 0 Å². The Labute approximate surface area is 145 Å². The van der Waals surface area contributed by atoms with Crippen LogP contribution in [0.1, 0.15) is 41.8 Å². The molecule has 0 fully saturated rings. The minimum Gasteiger partial charge on any atom is -0.317 e. The van der Waals surface area contributed by atoms with E-state index in [1.54, 1.807) is 29.9 Å². The standard InChI is InChI=1S/C18H21N5O2/c1-10(2)23-12(4)15(11(3)20-23)19-18(25)16-17(24)13-8-6-7-9-14(13)22(5)21-16/h6-10H,1-5H3,(H,19,25). The van der Waals surface area contributed by atoms with E-state index in [0.717, 1.165) is 5.69 Å². The number of aromatic nitrogens is 4. The predicted molar refractivity (Wildman–Crippen MR) is 97.0 cm³/mol. The molecular weight excluding hydrogens is 318 g/mol. The third kappa shape index (κ3) is 2.82. The van der Waals surface area contributed by atoms with Crippen LogP contribution in [-0.2, 0) is 7.05 Å². The second-order valence-electron chi connectivity index (χ2n) is 6.36. The van der Waals surface area contributed by atoms with E-state index in [0.29, 0.717) is 22.3 Å². The molecule has 130 valence electrons. The summed E-state index contributed by atoms with van der Waals surface area (Å²) in [6, 6.07) is 7.27. The topological polar surface area (TPSA) is 81.8 Å². The molecule has 25 heavy (non-hydrogen) atoms. The highest BCUT2D eigenvalue weighted by molar-refractivity contribution is 6.04. The van der Waals surface area contributed by atoms with Crippen LogP contribution in [0.5, 0.6) is 0 Å². The first-order valence-electron chi connectivity index (χ1n) is 8.14. The lowest BCUT2D eigenvalue weighted by atomic mass is 10.2. The molecule has 0 aliphatic carbocycles. The fourth-order valence-corrected chi connectivity index (χ4v) is 2.99. The zero-order chi connectivity index (χ0) is 18.3. The quantitative estimate of drug-likeness (QED) is 0.795. The van der Waals surface area contributed by atoms with Gasteiger partial charge in [-0.2, -0.15) is 10.2 Å². The third-order valence-electron chi connectivity index (χ3n) is 4.23. The van der Waals surface area contributed by atoms with Gasteiger partial charge in [0, 0.05) is 18.5 Å². The van der Waals surface area contributed by atoms with E-state index in [-0.39, 0.29) is 17.2 Å². The van der Waals surface area contributed by atoms with Crippen molar-refractivity contribution in [2.24, 2.45) is 7.05 Å². The third-order valence-corrected chi connectivity index (χ3v) is 4.23. The fraction of sp³-hybridized carbons (Fsp3) is 0.333. The number of aryl methyl sites for hydroxylation is 2. The van der Waals surface area contributed by atoms with E-state index in [9.17, 15) is 9.59 Å². The normalized spacial score (nSPS) is 11.3. The van der Waals surface area contributed by atoms with Gasteiger partial charge in [0.25, 0.3) is 5.91 Å². The molecule has 0 saturated carbocycles. The number of nitrogens with zero attached hydrogens (tertiary/aromatic N) is 4. The number of hydrogen-bond donors (Lipinski definition) is 1. The van der Waals surface area contributed by atoms with Gasteiger partial charge in [0.2, 0.25) is 5.43 Å². The first-order valence-corrected chi connectivity index (χ1v) is 8.14. The van der Waals surface area contributed by atoms with E-state index < -0.39 is 5.91 Å². The van der Waals surface area contributed by atoms with E-state index >= 15 is 0 Å². The van der Waals surface area contributed by atoms with Crippen molar-refractivity contribution >= 4 is 22.5 Å². The monoisotopic (exact) mass is 339 g/mol. The summed E-state index contributed by atoms with van der Waals surface area (Å²) in [5, 5.41) is 11.9. The largest absolute Gasteiger partial charge is 0.317 e. The molecule has 0 bridgehead atoms. The summed E-state index contributed by atoms with van der Waals surface area (Å²) >= 11 is 0. The lowest BCUT2D eigenvalue weighted by Crippen LogP contribution is -2.26. The summed E-state index contributed by atoms with van der Waals surface area (Å²) < 4.78 is 3.39. The van der Waals surface area contributed by atoms with Crippen molar-refractivity contribution in [2.45, 2.75) is 33.7 Å². The molecule has 0 aliphatic rings. The summed E-state index contributed by atoms with van der Waals surface area (Å²) in [5.41, 5.74) is 2.35. The Bertz CT molecular complexity index is 1030. The van der Waals surface area contributed by atoms with Gasteiger partial charge >= 0.3 is 0 Å². The molecule has 1 amide bonds. The smallest absolute Gasteiger partial charge is 0.280 e. The maximum absolute atomic E-state index is 12.7. The van der Waals surface area contributed by atoms with Gasteiger partial charge in [-0.05, 0) is 39.8 Å². The summed E-state index contributed by atoms with van der Waals surface area (Å²) in [7, 11) is 1.71. The predicted octanol–water partition coefficient (Wildman–Crippen LogP) is 2.58. The van der Waals surface area contributed by atoms with Crippen LogP contribution in [-0.4, -0.2) is 25.5 Å². The van der Waals surface area contributed by atoms with Crippen molar-refractivity contribution in [1.82, 2.24) is 19.6 Å². The summed E-state index contributed by atoms with van der Waals surface area (Å²) in [4.78, 5) is 25.3. The Hall–Kier alpha value is -2.96. The van der Waals surface area contributed by atoms with Crippen molar-refractivity contribution in [3.05, 3.63) is 51.6 Å². The van der Waals surface area contributed by atoms with Crippen LogP contribution in [0.4, 0.5) is 5.69 Å². The Morgan fingerprint density at radius 1 is 1.16 bits per heavy atom. The lowest BCUT2D eigenvalue weighted by molar-refractivity contribution is 0.101. The number of benzene rings is 1. The average Bonchev–Trinajstić information content (AvgIpc) is 2.86. The van der Waals surface area contributed by atoms with Crippen LogP contribution in [0.25, 0.3) is 10.9 Å². The minimum atomic E-state index is -0.527. The van der Waals surface area contributed by atoms with E-state index in [2.05, 4.69) is 15.5 Å². The molecule has 7 heteroatoms. The highest BCUT2D eigenvalue weighted by Gasteiger charge is 2.20. The molecule has 0 saturated heterocycles. The molecule has 1 N–H and O–H groups in total. The van der Waals surface area contributed by atoms with Gasteiger partial charge in [-0.25, -0.2) is 0 Å². The average molecular weight is 339 g/mol. The van der Waals surface area contributed by atoms with Gasteiger partial charge < -0.3 is 5.32 Å². The molecule has 2 heterocycles. The Kier molecular flexibility index (Phi) is 4.16. The number of fused-ring (bicyclic) bond motifs is 1. The number of anilines is 1. The number of amides is 1.